The number of nitrogens with two attached hydrogens (primary N) is 1. The largest absolute Gasteiger partial charge is 0.497 e. The Kier molecular flexibility index (Phi) is 3.73. The van der Waals surface area contributed by atoms with Crippen LogP contribution in [0, 0.1) is 0 Å². The van der Waals surface area contributed by atoms with Crippen molar-refractivity contribution in [3.63, 3.8) is 0 Å². The van der Waals surface area contributed by atoms with Crippen molar-refractivity contribution in [2.24, 2.45) is 10.7 Å². The molecule has 1 aromatic carbocycles. The highest BCUT2D eigenvalue weighted by atomic mass is 16.5. The van der Waals surface area contributed by atoms with Gasteiger partial charge in [0.1, 0.15) is 5.75 Å². The predicted molar refractivity (Wildman–Crippen MR) is 59.6 cm³/mol. The Morgan fingerprint density at radius 2 is 2.00 bits per heavy atom. The fourth-order valence-corrected chi connectivity index (χ4v) is 1.03. The molecule has 0 aliphatic rings. The van der Waals surface area contributed by atoms with Gasteiger partial charge in [-0.3, -0.25) is 4.99 Å². The van der Waals surface area contributed by atoms with Gasteiger partial charge in [0.05, 0.1) is 7.11 Å². The molecule has 0 fully saturated rings. The van der Waals surface area contributed by atoms with Gasteiger partial charge in [0.25, 0.3) is 0 Å². The van der Waals surface area contributed by atoms with Gasteiger partial charge in [-0.25, -0.2) is 0 Å². The molecule has 0 amide bonds. The van der Waals surface area contributed by atoms with Crippen molar-refractivity contribution in [1.82, 2.24) is 0 Å². The lowest BCUT2D eigenvalue weighted by molar-refractivity contribution is 0.415. The number of allylic oxidation sites excluding steroid dienone is 1. The summed E-state index contributed by atoms with van der Waals surface area (Å²) in [5, 5.41) is 0. The molecular formula is C11H14N2O. The van der Waals surface area contributed by atoms with Crippen LogP contribution in [0.1, 0.15) is 5.56 Å². The Bertz CT molecular complexity index is 339. The summed E-state index contributed by atoms with van der Waals surface area (Å²) in [5.41, 5.74) is 7.46. The first-order valence-electron chi connectivity index (χ1n) is 4.30. The van der Waals surface area contributed by atoms with Gasteiger partial charge < -0.3 is 10.5 Å². The molecule has 0 bridgehead atoms. The molecule has 3 heteroatoms. The van der Waals surface area contributed by atoms with Crippen LogP contribution in [0.25, 0.3) is 5.70 Å². The molecule has 1 aromatic rings. The molecule has 1 rings (SSSR count). The van der Waals surface area contributed by atoms with E-state index in [1.807, 2.05) is 24.3 Å². The normalized spacial score (nSPS) is 12.0. The Morgan fingerprint density at radius 1 is 1.36 bits per heavy atom. The van der Waals surface area contributed by atoms with Crippen LogP contribution in [0.5, 0.6) is 5.75 Å². The van der Waals surface area contributed by atoms with Gasteiger partial charge in [0.2, 0.25) is 0 Å². The average molecular weight is 190 g/mol. The topological polar surface area (TPSA) is 47.6 Å². The SMILES string of the molecule is CN=CC=C(N)c1ccc(OC)cc1. The maximum absolute atomic E-state index is 5.80. The quantitative estimate of drug-likeness (QED) is 0.737. The molecule has 0 spiro atoms. The van der Waals surface area contributed by atoms with E-state index < -0.39 is 0 Å². The molecule has 3 nitrogen and oxygen atoms in total. The second kappa shape index (κ2) is 5.07. The van der Waals surface area contributed by atoms with Crippen LogP contribution in [0.15, 0.2) is 35.3 Å². The summed E-state index contributed by atoms with van der Waals surface area (Å²) >= 11 is 0. The third-order valence-corrected chi connectivity index (χ3v) is 1.83. The minimum Gasteiger partial charge on any atom is -0.497 e. The highest BCUT2D eigenvalue weighted by Gasteiger charge is 1.95. The summed E-state index contributed by atoms with van der Waals surface area (Å²) in [4.78, 5) is 3.83. The molecule has 0 atom stereocenters. The molecule has 0 aliphatic heterocycles. The summed E-state index contributed by atoms with van der Waals surface area (Å²) in [6.07, 6.45) is 3.43. The van der Waals surface area contributed by atoms with E-state index in [0.717, 1.165) is 11.3 Å². The minimum absolute atomic E-state index is 0.693. The van der Waals surface area contributed by atoms with E-state index >= 15 is 0 Å². The number of benzene rings is 1. The minimum atomic E-state index is 0.693. The lowest BCUT2D eigenvalue weighted by atomic mass is 10.1. The van der Waals surface area contributed by atoms with Crippen molar-refractivity contribution in [3.8, 4) is 5.75 Å². The molecule has 2 N–H and O–H groups in total. The van der Waals surface area contributed by atoms with Crippen molar-refractivity contribution >= 4 is 11.9 Å². The predicted octanol–water partition coefficient (Wildman–Crippen LogP) is 1.70. The lowest BCUT2D eigenvalue weighted by Gasteiger charge is -2.02. The molecule has 0 heterocycles. The van der Waals surface area contributed by atoms with E-state index in [-0.39, 0.29) is 0 Å². The summed E-state index contributed by atoms with van der Waals surface area (Å²) in [6, 6.07) is 7.57. The van der Waals surface area contributed by atoms with Crippen LogP contribution in [0.2, 0.25) is 0 Å². The van der Waals surface area contributed by atoms with Gasteiger partial charge in [-0.05, 0) is 35.9 Å². The maximum Gasteiger partial charge on any atom is 0.118 e. The number of ether oxygens (including phenoxy) is 1. The first kappa shape index (κ1) is 10.3. The zero-order chi connectivity index (χ0) is 10.4. The van der Waals surface area contributed by atoms with E-state index in [1.54, 1.807) is 26.4 Å². The van der Waals surface area contributed by atoms with E-state index in [9.17, 15) is 0 Å². The van der Waals surface area contributed by atoms with Crippen LogP contribution in [0.3, 0.4) is 0 Å². The van der Waals surface area contributed by atoms with Gasteiger partial charge in [0.15, 0.2) is 0 Å². The van der Waals surface area contributed by atoms with Gasteiger partial charge in [-0.15, -0.1) is 0 Å². The molecule has 0 saturated heterocycles. The van der Waals surface area contributed by atoms with Crippen LogP contribution in [-0.4, -0.2) is 20.4 Å². The molecule has 74 valence electrons. The number of rotatable bonds is 3. The second-order valence-corrected chi connectivity index (χ2v) is 2.76. The van der Waals surface area contributed by atoms with Gasteiger partial charge in [-0.1, -0.05) is 0 Å². The van der Waals surface area contributed by atoms with Crippen molar-refractivity contribution in [2.75, 3.05) is 14.2 Å². The Balaban J connectivity index is 2.86. The fraction of sp³-hybridized carbons (Fsp3) is 0.182. The first-order valence-corrected chi connectivity index (χ1v) is 4.30. The Hall–Kier alpha value is -1.77. The third-order valence-electron chi connectivity index (χ3n) is 1.83. The van der Waals surface area contributed by atoms with E-state index in [1.165, 1.54) is 0 Å². The van der Waals surface area contributed by atoms with Crippen LogP contribution in [0.4, 0.5) is 0 Å². The van der Waals surface area contributed by atoms with Crippen molar-refractivity contribution < 1.29 is 4.74 Å². The van der Waals surface area contributed by atoms with Crippen LogP contribution in [-0.2, 0) is 0 Å². The van der Waals surface area contributed by atoms with Crippen molar-refractivity contribution in [1.29, 1.82) is 0 Å². The standard InChI is InChI=1S/C11H14N2O/c1-13-8-7-11(12)9-3-5-10(14-2)6-4-9/h3-8H,12H2,1-2H3. The molecular weight excluding hydrogens is 176 g/mol. The summed E-state index contributed by atoms with van der Waals surface area (Å²) in [7, 11) is 3.34. The van der Waals surface area contributed by atoms with Crippen molar-refractivity contribution in [3.05, 3.63) is 35.9 Å². The van der Waals surface area contributed by atoms with E-state index in [2.05, 4.69) is 4.99 Å². The number of methoxy groups -OCH3 is 1. The van der Waals surface area contributed by atoms with Gasteiger partial charge >= 0.3 is 0 Å². The maximum atomic E-state index is 5.80. The van der Waals surface area contributed by atoms with Crippen molar-refractivity contribution in [2.45, 2.75) is 0 Å². The van der Waals surface area contributed by atoms with Crippen LogP contribution < -0.4 is 10.5 Å². The van der Waals surface area contributed by atoms with E-state index in [0.29, 0.717) is 5.70 Å². The number of nitrogens with zero attached hydrogens (tertiary/aromatic N) is 1. The zero-order valence-corrected chi connectivity index (χ0v) is 8.40. The summed E-state index contributed by atoms with van der Waals surface area (Å²) in [5.74, 6) is 0.825. The average Bonchev–Trinajstić information content (AvgIpc) is 2.26. The smallest absolute Gasteiger partial charge is 0.118 e. The highest BCUT2D eigenvalue weighted by molar-refractivity contribution is 5.83. The Labute approximate surface area is 83.9 Å². The molecule has 0 aliphatic carbocycles. The summed E-state index contributed by atoms with van der Waals surface area (Å²) in [6.45, 7) is 0. The monoisotopic (exact) mass is 190 g/mol. The molecule has 0 unspecified atom stereocenters. The molecule has 0 aromatic heterocycles. The Morgan fingerprint density at radius 3 is 2.50 bits per heavy atom. The van der Waals surface area contributed by atoms with Gasteiger partial charge in [-0.2, -0.15) is 0 Å². The number of hydrogen-bond donors (Lipinski definition) is 1. The first-order chi connectivity index (χ1) is 6.77. The lowest BCUT2D eigenvalue weighted by Crippen LogP contribution is -1.96. The summed E-state index contributed by atoms with van der Waals surface area (Å²) < 4.78 is 5.04. The molecule has 0 radical (unpaired) electrons. The van der Waals surface area contributed by atoms with E-state index in [4.69, 9.17) is 10.5 Å². The van der Waals surface area contributed by atoms with Gasteiger partial charge in [0, 0.05) is 19.0 Å². The highest BCUT2D eigenvalue weighted by Crippen LogP contribution is 2.14. The third kappa shape index (κ3) is 2.62. The molecule has 0 saturated carbocycles. The zero-order valence-electron chi connectivity index (χ0n) is 8.40. The molecule has 14 heavy (non-hydrogen) atoms. The number of aliphatic imine (C=N–C) groups is 1. The number of hydrogen-bond acceptors (Lipinski definition) is 3. The second-order valence-electron chi connectivity index (χ2n) is 2.76. The van der Waals surface area contributed by atoms with Crippen LogP contribution >= 0.6 is 0 Å². The fourth-order valence-electron chi connectivity index (χ4n) is 1.03.